The van der Waals surface area contributed by atoms with Crippen LogP contribution < -0.4 is 18.9 Å². The summed E-state index contributed by atoms with van der Waals surface area (Å²) in [6.07, 6.45) is 3.11. The number of carbonyl (C=O) groups is 2. The number of ether oxygens (including phenoxy) is 5. The van der Waals surface area contributed by atoms with E-state index in [1.165, 1.54) is 6.08 Å². The molecule has 0 amide bonds. The van der Waals surface area contributed by atoms with Gasteiger partial charge in [0.1, 0.15) is 18.1 Å². The summed E-state index contributed by atoms with van der Waals surface area (Å²) in [5.74, 6) is 1.36. The van der Waals surface area contributed by atoms with Gasteiger partial charge in [0.25, 0.3) is 0 Å². The van der Waals surface area contributed by atoms with Crippen LogP contribution in [0.3, 0.4) is 0 Å². The van der Waals surface area contributed by atoms with Crippen LogP contribution in [0.4, 0.5) is 0 Å². The maximum Gasteiger partial charge on any atom is 0.344 e. The van der Waals surface area contributed by atoms with Crippen molar-refractivity contribution in [2.45, 2.75) is 6.92 Å². The highest BCUT2D eigenvalue weighted by Gasteiger charge is 2.30. The van der Waals surface area contributed by atoms with Gasteiger partial charge in [-0.2, -0.15) is 0 Å². The van der Waals surface area contributed by atoms with E-state index in [0.29, 0.717) is 34.1 Å². The summed E-state index contributed by atoms with van der Waals surface area (Å²) in [6.45, 7) is 5.12. The van der Waals surface area contributed by atoms with Crippen LogP contribution in [-0.4, -0.2) is 39.2 Å². The van der Waals surface area contributed by atoms with E-state index in [1.54, 1.807) is 57.6 Å². The molecule has 0 N–H and O–H groups in total. The summed E-state index contributed by atoms with van der Waals surface area (Å²) in [6, 6.07) is 8.56. The number of carbonyl (C=O) groups excluding carboxylic acids is 2. The molecular weight excluding hydrogens is 388 g/mol. The number of ketones is 1. The molecule has 0 spiro atoms. The standard InChI is InChI=1S/C23H22O7/c1-5-8-28-21(24)13-29-16-9-14(2)22-19(12-16)30-20(23(22)25)11-15-6-7-17(26-3)18(10-15)27-4/h5-7,9-12H,1,8,13H2,2-4H3/b20-11-. The zero-order valence-electron chi connectivity index (χ0n) is 17.0. The maximum absolute atomic E-state index is 12.8. The Morgan fingerprint density at radius 3 is 2.60 bits per heavy atom. The van der Waals surface area contributed by atoms with E-state index in [-0.39, 0.29) is 24.8 Å². The minimum Gasteiger partial charge on any atom is -0.493 e. The Balaban J connectivity index is 1.80. The molecule has 0 unspecified atom stereocenters. The Kier molecular flexibility index (Phi) is 6.41. The van der Waals surface area contributed by atoms with Gasteiger partial charge in [-0.05, 0) is 42.3 Å². The molecule has 3 rings (SSSR count). The molecule has 0 saturated heterocycles. The summed E-state index contributed by atoms with van der Waals surface area (Å²) in [4.78, 5) is 24.4. The molecule has 0 fully saturated rings. The van der Waals surface area contributed by atoms with Gasteiger partial charge < -0.3 is 23.7 Å². The summed E-state index contributed by atoms with van der Waals surface area (Å²) in [5.41, 5.74) is 1.87. The van der Waals surface area contributed by atoms with Crippen molar-refractivity contribution in [3.05, 3.63) is 65.4 Å². The van der Waals surface area contributed by atoms with E-state index < -0.39 is 5.97 Å². The maximum atomic E-state index is 12.8. The predicted molar refractivity (Wildman–Crippen MR) is 110 cm³/mol. The molecule has 0 atom stereocenters. The number of fused-ring (bicyclic) bond motifs is 1. The Morgan fingerprint density at radius 1 is 1.13 bits per heavy atom. The van der Waals surface area contributed by atoms with E-state index in [2.05, 4.69) is 6.58 Å². The third-order valence-corrected chi connectivity index (χ3v) is 4.37. The van der Waals surface area contributed by atoms with Crippen molar-refractivity contribution in [2.24, 2.45) is 0 Å². The SMILES string of the molecule is C=CCOC(=O)COc1cc(C)c2c(c1)O/C(=C\c1ccc(OC)c(OC)c1)C2=O. The zero-order valence-corrected chi connectivity index (χ0v) is 17.0. The summed E-state index contributed by atoms with van der Waals surface area (Å²) < 4.78 is 26.6. The number of benzene rings is 2. The lowest BCUT2D eigenvalue weighted by Crippen LogP contribution is -2.14. The second-order valence-corrected chi connectivity index (χ2v) is 6.43. The first-order chi connectivity index (χ1) is 14.5. The highest BCUT2D eigenvalue weighted by Crippen LogP contribution is 2.38. The minimum absolute atomic E-state index is 0.118. The lowest BCUT2D eigenvalue weighted by atomic mass is 10.0. The smallest absolute Gasteiger partial charge is 0.344 e. The first-order valence-corrected chi connectivity index (χ1v) is 9.17. The average Bonchev–Trinajstić information content (AvgIpc) is 3.06. The number of rotatable bonds is 8. The molecule has 30 heavy (non-hydrogen) atoms. The molecule has 0 bridgehead atoms. The average molecular weight is 410 g/mol. The van der Waals surface area contributed by atoms with Crippen LogP contribution in [0.25, 0.3) is 6.08 Å². The highest BCUT2D eigenvalue weighted by molar-refractivity contribution is 6.15. The molecule has 2 aromatic carbocycles. The topological polar surface area (TPSA) is 80.3 Å². The number of hydrogen-bond donors (Lipinski definition) is 0. The molecule has 0 aromatic heterocycles. The van der Waals surface area contributed by atoms with Gasteiger partial charge in [-0.15, -0.1) is 0 Å². The Hall–Kier alpha value is -3.74. The van der Waals surface area contributed by atoms with Crippen LogP contribution in [0.15, 0.2) is 48.7 Å². The van der Waals surface area contributed by atoms with Crippen LogP contribution in [0.2, 0.25) is 0 Å². The first-order valence-electron chi connectivity index (χ1n) is 9.17. The van der Waals surface area contributed by atoms with Crippen molar-refractivity contribution >= 4 is 17.8 Å². The molecule has 1 aliphatic heterocycles. The van der Waals surface area contributed by atoms with Gasteiger partial charge in [-0.1, -0.05) is 18.7 Å². The summed E-state index contributed by atoms with van der Waals surface area (Å²) in [7, 11) is 3.09. The zero-order chi connectivity index (χ0) is 21.7. The van der Waals surface area contributed by atoms with Crippen LogP contribution in [0.5, 0.6) is 23.0 Å². The second-order valence-electron chi connectivity index (χ2n) is 6.43. The van der Waals surface area contributed by atoms with Crippen molar-refractivity contribution in [1.29, 1.82) is 0 Å². The Bertz CT molecular complexity index is 1020. The molecule has 1 aliphatic rings. The fraction of sp³-hybridized carbons (Fsp3) is 0.217. The van der Waals surface area contributed by atoms with Crippen molar-refractivity contribution in [3.8, 4) is 23.0 Å². The molecule has 2 aromatic rings. The van der Waals surface area contributed by atoms with Gasteiger partial charge in [0.15, 0.2) is 23.9 Å². The predicted octanol–water partition coefficient (Wildman–Crippen LogP) is 3.74. The van der Waals surface area contributed by atoms with E-state index in [9.17, 15) is 9.59 Å². The lowest BCUT2D eigenvalue weighted by molar-refractivity contribution is -0.144. The summed E-state index contributed by atoms with van der Waals surface area (Å²) >= 11 is 0. The van der Waals surface area contributed by atoms with Crippen molar-refractivity contribution < 1.29 is 33.3 Å². The largest absolute Gasteiger partial charge is 0.493 e. The van der Waals surface area contributed by atoms with Gasteiger partial charge >= 0.3 is 5.97 Å². The van der Waals surface area contributed by atoms with Crippen LogP contribution in [-0.2, 0) is 9.53 Å². The van der Waals surface area contributed by atoms with Crippen molar-refractivity contribution in [1.82, 2.24) is 0 Å². The van der Waals surface area contributed by atoms with Gasteiger partial charge in [0.2, 0.25) is 5.78 Å². The van der Waals surface area contributed by atoms with Crippen molar-refractivity contribution in [2.75, 3.05) is 27.4 Å². The van der Waals surface area contributed by atoms with E-state index in [4.69, 9.17) is 23.7 Å². The van der Waals surface area contributed by atoms with Crippen molar-refractivity contribution in [3.63, 3.8) is 0 Å². The quantitative estimate of drug-likeness (QED) is 0.373. The molecule has 7 heteroatoms. The molecule has 1 heterocycles. The molecule has 0 radical (unpaired) electrons. The monoisotopic (exact) mass is 410 g/mol. The summed E-state index contributed by atoms with van der Waals surface area (Å²) in [5, 5.41) is 0. The molecule has 7 nitrogen and oxygen atoms in total. The fourth-order valence-electron chi connectivity index (χ4n) is 2.99. The van der Waals surface area contributed by atoms with E-state index >= 15 is 0 Å². The first kappa shape index (κ1) is 21.0. The van der Waals surface area contributed by atoms with Gasteiger partial charge in [0.05, 0.1) is 19.8 Å². The van der Waals surface area contributed by atoms with Gasteiger partial charge in [-0.25, -0.2) is 4.79 Å². The third-order valence-electron chi connectivity index (χ3n) is 4.37. The normalized spacial score (nSPS) is 13.4. The third kappa shape index (κ3) is 4.46. The van der Waals surface area contributed by atoms with Crippen LogP contribution in [0.1, 0.15) is 21.5 Å². The van der Waals surface area contributed by atoms with Gasteiger partial charge in [0, 0.05) is 6.07 Å². The van der Waals surface area contributed by atoms with E-state index in [0.717, 1.165) is 5.56 Å². The number of methoxy groups -OCH3 is 2. The Labute approximate surface area is 174 Å². The minimum atomic E-state index is -0.515. The van der Waals surface area contributed by atoms with Crippen LogP contribution >= 0.6 is 0 Å². The number of aryl methyl sites for hydroxylation is 1. The Morgan fingerprint density at radius 2 is 1.90 bits per heavy atom. The number of hydrogen-bond acceptors (Lipinski definition) is 7. The molecule has 156 valence electrons. The lowest BCUT2D eigenvalue weighted by Gasteiger charge is -2.08. The fourth-order valence-corrected chi connectivity index (χ4v) is 2.99. The number of Topliss-reactive ketones (excluding diaryl/α,β-unsaturated/α-hetero) is 1. The number of allylic oxidation sites excluding steroid dienone is 1. The molecule has 0 saturated carbocycles. The molecular formula is C23H22O7. The van der Waals surface area contributed by atoms with Crippen LogP contribution in [0, 0.1) is 6.92 Å². The number of esters is 1. The highest BCUT2D eigenvalue weighted by atomic mass is 16.6. The van der Waals surface area contributed by atoms with E-state index in [1.807, 2.05) is 0 Å². The second kappa shape index (κ2) is 9.17. The van der Waals surface area contributed by atoms with Gasteiger partial charge in [-0.3, -0.25) is 4.79 Å². The molecule has 0 aliphatic carbocycles.